The molecule has 1 fully saturated rings. The van der Waals surface area contributed by atoms with Gasteiger partial charge in [0.1, 0.15) is 0 Å². The first kappa shape index (κ1) is 17.0. The molecule has 1 aromatic heterocycles. The minimum Gasteiger partial charge on any atom is -0.370 e. The van der Waals surface area contributed by atoms with E-state index in [0.29, 0.717) is 25.3 Å². The first-order valence-electron chi connectivity index (χ1n) is 9.24. The van der Waals surface area contributed by atoms with E-state index in [0.717, 1.165) is 32.3 Å². The third kappa shape index (κ3) is 3.05. The van der Waals surface area contributed by atoms with Gasteiger partial charge in [0.05, 0.1) is 18.4 Å². The van der Waals surface area contributed by atoms with Crippen LogP contribution in [0.25, 0.3) is 0 Å². The Kier molecular flexibility index (Phi) is 4.59. The summed E-state index contributed by atoms with van der Waals surface area (Å²) >= 11 is 0. The van der Waals surface area contributed by atoms with E-state index in [1.165, 1.54) is 11.1 Å². The van der Waals surface area contributed by atoms with Gasteiger partial charge in [-0.2, -0.15) is 0 Å². The van der Waals surface area contributed by atoms with Crippen LogP contribution in [0.3, 0.4) is 0 Å². The zero-order valence-electron chi connectivity index (χ0n) is 14.9. The normalized spacial score (nSPS) is 18.5. The molecule has 1 aromatic carbocycles. The zero-order chi connectivity index (χ0) is 18.0. The van der Waals surface area contributed by atoms with Crippen molar-refractivity contribution in [3.8, 4) is 0 Å². The van der Waals surface area contributed by atoms with Crippen molar-refractivity contribution < 1.29 is 9.53 Å². The van der Waals surface area contributed by atoms with Crippen molar-refractivity contribution in [2.45, 2.75) is 37.8 Å². The van der Waals surface area contributed by atoms with Crippen LogP contribution < -0.4 is 0 Å². The fourth-order valence-corrected chi connectivity index (χ4v) is 3.99. The molecule has 6 nitrogen and oxygen atoms in total. The summed E-state index contributed by atoms with van der Waals surface area (Å²) in [4.78, 5) is 14.6. The molecule has 2 aliphatic heterocycles. The van der Waals surface area contributed by atoms with Gasteiger partial charge in [-0.25, -0.2) is 0 Å². The second-order valence-corrected chi connectivity index (χ2v) is 6.99. The van der Waals surface area contributed by atoms with Gasteiger partial charge in [-0.3, -0.25) is 9.48 Å². The predicted octanol–water partition coefficient (Wildman–Crippen LogP) is 2.56. The number of piperidine rings is 1. The van der Waals surface area contributed by atoms with E-state index in [1.807, 2.05) is 11.0 Å². The number of ether oxygens (including phenoxy) is 1. The average molecular weight is 352 g/mol. The van der Waals surface area contributed by atoms with E-state index in [1.54, 1.807) is 10.9 Å². The maximum atomic E-state index is 12.8. The number of rotatable bonds is 4. The standard InChI is InChI=1S/C20H24N4O2/c1-2-3-11-24-15-18(21-22-24)19(25)23-12-9-20(10-13-23)17-7-5-4-6-16(17)8-14-26-20/h2,4-7,15H,1,3,8-14H2. The third-order valence-corrected chi connectivity index (χ3v) is 5.44. The molecule has 2 aliphatic rings. The van der Waals surface area contributed by atoms with Crippen LogP contribution in [0.15, 0.2) is 43.1 Å². The number of fused-ring (bicyclic) bond motifs is 2. The highest BCUT2D eigenvalue weighted by Crippen LogP contribution is 2.41. The molecule has 136 valence electrons. The van der Waals surface area contributed by atoms with Gasteiger partial charge in [-0.05, 0) is 36.8 Å². The van der Waals surface area contributed by atoms with Gasteiger partial charge >= 0.3 is 0 Å². The Labute approximate surface area is 153 Å². The molecule has 1 amide bonds. The molecule has 1 spiro atoms. The van der Waals surface area contributed by atoms with Gasteiger partial charge in [0, 0.05) is 19.6 Å². The van der Waals surface area contributed by atoms with Crippen LogP contribution in [0.5, 0.6) is 0 Å². The Balaban J connectivity index is 1.45. The van der Waals surface area contributed by atoms with E-state index in [9.17, 15) is 4.79 Å². The minimum atomic E-state index is -0.243. The lowest BCUT2D eigenvalue weighted by Gasteiger charge is -2.44. The molecule has 0 atom stereocenters. The smallest absolute Gasteiger partial charge is 0.276 e. The third-order valence-electron chi connectivity index (χ3n) is 5.44. The predicted molar refractivity (Wildman–Crippen MR) is 97.7 cm³/mol. The highest BCUT2D eigenvalue weighted by Gasteiger charge is 2.41. The average Bonchev–Trinajstić information content (AvgIpc) is 3.16. The summed E-state index contributed by atoms with van der Waals surface area (Å²) in [5.41, 5.74) is 2.85. The number of aryl methyl sites for hydroxylation is 1. The van der Waals surface area contributed by atoms with Crippen molar-refractivity contribution in [3.63, 3.8) is 0 Å². The van der Waals surface area contributed by atoms with Crippen LogP contribution in [0, 0.1) is 0 Å². The number of likely N-dealkylation sites (tertiary alicyclic amines) is 1. The molecule has 4 rings (SSSR count). The van der Waals surface area contributed by atoms with Crippen molar-refractivity contribution in [1.82, 2.24) is 19.9 Å². The molecule has 26 heavy (non-hydrogen) atoms. The molecular formula is C20H24N4O2. The van der Waals surface area contributed by atoms with Crippen LogP contribution in [-0.2, 0) is 23.3 Å². The Morgan fingerprint density at radius 2 is 2.12 bits per heavy atom. The van der Waals surface area contributed by atoms with Crippen molar-refractivity contribution in [2.24, 2.45) is 0 Å². The topological polar surface area (TPSA) is 60.2 Å². The molecule has 3 heterocycles. The Bertz CT molecular complexity index is 806. The fraction of sp³-hybridized carbons (Fsp3) is 0.450. The van der Waals surface area contributed by atoms with Crippen LogP contribution in [0.4, 0.5) is 0 Å². The number of amides is 1. The Morgan fingerprint density at radius 3 is 2.92 bits per heavy atom. The van der Waals surface area contributed by atoms with Gasteiger partial charge in [-0.1, -0.05) is 35.6 Å². The van der Waals surface area contributed by atoms with Crippen LogP contribution >= 0.6 is 0 Å². The van der Waals surface area contributed by atoms with Crippen LogP contribution in [0.2, 0.25) is 0 Å². The second-order valence-electron chi connectivity index (χ2n) is 6.99. The molecule has 0 N–H and O–H groups in total. The van der Waals surface area contributed by atoms with E-state index < -0.39 is 0 Å². The van der Waals surface area contributed by atoms with Crippen molar-refractivity contribution in [2.75, 3.05) is 19.7 Å². The van der Waals surface area contributed by atoms with Crippen LogP contribution in [-0.4, -0.2) is 45.5 Å². The van der Waals surface area contributed by atoms with E-state index >= 15 is 0 Å². The van der Waals surface area contributed by atoms with Gasteiger partial charge in [0.25, 0.3) is 5.91 Å². The van der Waals surface area contributed by atoms with E-state index in [4.69, 9.17) is 4.74 Å². The second kappa shape index (κ2) is 7.03. The summed E-state index contributed by atoms with van der Waals surface area (Å²) in [6, 6.07) is 8.54. The maximum absolute atomic E-state index is 12.8. The lowest BCUT2D eigenvalue weighted by atomic mass is 9.79. The number of nitrogens with zero attached hydrogens (tertiary/aromatic N) is 4. The molecule has 6 heteroatoms. The maximum Gasteiger partial charge on any atom is 0.276 e. The first-order valence-corrected chi connectivity index (χ1v) is 9.24. The van der Waals surface area contributed by atoms with Crippen LogP contribution in [0.1, 0.15) is 40.9 Å². The zero-order valence-corrected chi connectivity index (χ0v) is 14.9. The lowest BCUT2D eigenvalue weighted by molar-refractivity contribution is -0.0935. The summed E-state index contributed by atoms with van der Waals surface area (Å²) < 4.78 is 7.93. The van der Waals surface area contributed by atoms with E-state index in [-0.39, 0.29) is 11.5 Å². The highest BCUT2D eigenvalue weighted by molar-refractivity contribution is 5.92. The largest absolute Gasteiger partial charge is 0.370 e. The van der Waals surface area contributed by atoms with E-state index in [2.05, 4.69) is 41.2 Å². The molecule has 0 bridgehead atoms. The Hall–Kier alpha value is -2.47. The molecule has 0 aliphatic carbocycles. The Morgan fingerprint density at radius 1 is 1.31 bits per heavy atom. The summed E-state index contributed by atoms with van der Waals surface area (Å²) in [5, 5.41) is 8.07. The van der Waals surface area contributed by atoms with Gasteiger partial charge < -0.3 is 9.64 Å². The summed E-state index contributed by atoms with van der Waals surface area (Å²) in [7, 11) is 0. The number of hydrogen-bond acceptors (Lipinski definition) is 4. The van der Waals surface area contributed by atoms with Crippen molar-refractivity contribution >= 4 is 5.91 Å². The van der Waals surface area contributed by atoms with Crippen molar-refractivity contribution in [3.05, 3.63) is 59.9 Å². The van der Waals surface area contributed by atoms with Gasteiger partial charge in [-0.15, -0.1) is 11.7 Å². The summed E-state index contributed by atoms with van der Waals surface area (Å²) in [6.45, 7) is 6.49. The van der Waals surface area contributed by atoms with Gasteiger partial charge in [0.2, 0.25) is 0 Å². The number of hydrogen-bond donors (Lipinski definition) is 0. The van der Waals surface area contributed by atoms with Gasteiger partial charge in [0.15, 0.2) is 5.69 Å². The fourth-order valence-electron chi connectivity index (χ4n) is 3.99. The van der Waals surface area contributed by atoms with Crippen molar-refractivity contribution in [1.29, 1.82) is 0 Å². The molecular weight excluding hydrogens is 328 g/mol. The molecule has 2 aromatic rings. The molecule has 0 radical (unpaired) electrons. The lowest BCUT2D eigenvalue weighted by Crippen LogP contribution is -2.48. The number of carbonyl (C=O) groups excluding carboxylic acids is 1. The first-order chi connectivity index (χ1) is 12.7. The number of allylic oxidation sites excluding steroid dienone is 1. The molecule has 0 unspecified atom stereocenters. The molecule has 0 saturated carbocycles. The minimum absolute atomic E-state index is 0.0474. The summed E-state index contributed by atoms with van der Waals surface area (Å²) in [6.07, 6.45) is 6.97. The number of benzene rings is 1. The quantitative estimate of drug-likeness (QED) is 0.794. The molecule has 1 saturated heterocycles. The highest BCUT2D eigenvalue weighted by atomic mass is 16.5. The number of carbonyl (C=O) groups is 1. The number of aromatic nitrogens is 3. The summed E-state index contributed by atoms with van der Waals surface area (Å²) in [5.74, 6) is -0.0474. The SMILES string of the molecule is C=CCCn1cc(C(=O)N2CCC3(CC2)OCCc2ccccc23)nn1. The monoisotopic (exact) mass is 352 g/mol.